The predicted octanol–water partition coefficient (Wildman–Crippen LogP) is 2.39. The van der Waals surface area contributed by atoms with E-state index in [1.165, 1.54) is 0 Å². The number of hydrogen-bond acceptors (Lipinski definition) is 4. The lowest BCUT2D eigenvalue weighted by Crippen LogP contribution is -2.32. The van der Waals surface area contributed by atoms with Gasteiger partial charge in [0, 0.05) is 11.3 Å². The number of nitrogens with zero attached hydrogens (tertiary/aromatic N) is 1. The summed E-state index contributed by atoms with van der Waals surface area (Å²) >= 11 is 0. The maximum atomic E-state index is 12.0. The summed E-state index contributed by atoms with van der Waals surface area (Å²) < 4.78 is 24.0. The van der Waals surface area contributed by atoms with Gasteiger partial charge in [-0.2, -0.15) is 0 Å². The van der Waals surface area contributed by atoms with Gasteiger partial charge in [-0.05, 0) is 13.3 Å². The van der Waals surface area contributed by atoms with Gasteiger partial charge in [-0.25, -0.2) is 8.42 Å². The molecule has 0 unspecified atom stereocenters. The van der Waals surface area contributed by atoms with Crippen LogP contribution in [0.1, 0.15) is 31.4 Å². The van der Waals surface area contributed by atoms with E-state index in [4.69, 9.17) is 5.21 Å². The van der Waals surface area contributed by atoms with Crippen molar-refractivity contribution in [1.29, 1.82) is 0 Å². The third-order valence-corrected chi connectivity index (χ3v) is 5.16. The van der Waals surface area contributed by atoms with Crippen LogP contribution in [0.15, 0.2) is 29.4 Å². The minimum absolute atomic E-state index is 0.0380. The molecule has 1 rings (SSSR count). The zero-order chi connectivity index (χ0) is 13.8. The number of sulfone groups is 1. The van der Waals surface area contributed by atoms with Crippen molar-refractivity contribution >= 4 is 15.5 Å². The molecule has 4 nitrogen and oxygen atoms in total. The molecule has 1 N–H and O–H groups in total. The van der Waals surface area contributed by atoms with E-state index >= 15 is 0 Å². The average molecular weight is 269 g/mol. The predicted molar refractivity (Wildman–Crippen MR) is 73.0 cm³/mol. The maximum Gasteiger partial charge on any atom is 0.158 e. The average Bonchev–Trinajstić information content (AvgIpc) is 2.35. The Labute approximate surface area is 108 Å². The molecule has 1 aromatic carbocycles. The molecule has 0 spiro atoms. The van der Waals surface area contributed by atoms with E-state index < -0.39 is 15.1 Å². The van der Waals surface area contributed by atoms with Crippen molar-refractivity contribution in [2.24, 2.45) is 5.16 Å². The first kappa shape index (κ1) is 14.7. The highest BCUT2D eigenvalue weighted by atomic mass is 32.2. The van der Waals surface area contributed by atoms with Crippen molar-refractivity contribution in [1.82, 2.24) is 0 Å². The van der Waals surface area contributed by atoms with E-state index in [2.05, 4.69) is 5.16 Å². The smallest absolute Gasteiger partial charge is 0.158 e. The van der Waals surface area contributed by atoms with Crippen molar-refractivity contribution in [3.8, 4) is 0 Å². The van der Waals surface area contributed by atoms with Crippen LogP contribution in [0.2, 0.25) is 0 Å². The Kier molecular flexibility index (Phi) is 4.90. The summed E-state index contributed by atoms with van der Waals surface area (Å²) in [6.07, 6.45) is 0.392. The van der Waals surface area contributed by atoms with Crippen LogP contribution in [0.4, 0.5) is 0 Å². The lowest BCUT2D eigenvalue weighted by molar-refractivity contribution is 0.318. The van der Waals surface area contributed by atoms with Gasteiger partial charge in [-0.15, -0.1) is 0 Å². The highest BCUT2D eigenvalue weighted by Crippen LogP contribution is 2.16. The minimum Gasteiger partial charge on any atom is -0.411 e. The normalized spacial score (nSPS) is 14.5. The van der Waals surface area contributed by atoms with Crippen molar-refractivity contribution in [3.05, 3.63) is 35.4 Å². The molecular formula is C13H19NO3S. The van der Waals surface area contributed by atoms with Gasteiger partial charge in [0.25, 0.3) is 0 Å². The van der Waals surface area contributed by atoms with Crippen molar-refractivity contribution in [3.63, 3.8) is 0 Å². The maximum absolute atomic E-state index is 12.0. The lowest BCUT2D eigenvalue weighted by atomic mass is 10.0. The second-order valence-electron chi connectivity index (χ2n) is 4.20. The first-order valence-electron chi connectivity index (χ1n) is 5.96. The molecule has 0 saturated heterocycles. The Morgan fingerprint density at radius 3 is 2.50 bits per heavy atom. The third kappa shape index (κ3) is 3.10. The van der Waals surface area contributed by atoms with E-state index in [0.717, 1.165) is 5.56 Å². The molecule has 0 aliphatic carbocycles. The van der Waals surface area contributed by atoms with Crippen LogP contribution in [0, 0.1) is 6.92 Å². The summed E-state index contributed by atoms with van der Waals surface area (Å²) in [6, 6.07) is 7.31. The Balaban J connectivity index is 3.26. The topological polar surface area (TPSA) is 66.7 Å². The molecule has 0 aliphatic heterocycles. The SMILES string of the molecule is CC[C@H](/C(=N\O)c1cccc(C)c1)S(=O)(=O)CC. The molecule has 0 aromatic heterocycles. The van der Waals surface area contributed by atoms with Gasteiger partial charge in [0.2, 0.25) is 0 Å². The van der Waals surface area contributed by atoms with Crippen molar-refractivity contribution in [2.75, 3.05) is 5.75 Å². The van der Waals surface area contributed by atoms with E-state index in [0.29, 0.717) is 12.0 Å². The summed E-state index contributed by atoms with van der Waals surface area (Å²) in [5, 5.41) is 11.6. The standard InChI is InChI=1S/C13H19NO3S/c1-4-12(18(16,17)5-2)13(14-15)11-8-6-7-10(3)9-11/h6-9,12,15H,4-5H2,1-3H3/b14-13-/t12-/m1/s1. The molecule has 0 bridgehead atoms. The van der Waals surface area contributed by atoms with Crippen LogP contribution < -0.4 is 0 Å². The summed E-state index contributed by atoms with van der Waals surface area (Å²) in [4.78, 5) is 0. The van der Waals surface area contributed by atoms with Crippen molar-refractivity contribution < 1.29 is 13.6 Å². The fourth-order valence-corrected chi connectivity index (χ4v) is 3.36. The molecule has 0 amide bonds. The zero-order valence-corrected chi connectivity index (χ0v) is 11.7. The fourth-order valence-electron chi connectivity index (χ4n) is 1.93. The molecule has 18 heavy (non-hydrogen) atoms. The Bertz CT molecular complexity index is 535. The van der Waals surface area contributed by atoms with E-state index in [-0.39, 0.29) is 11.5 Å². The van der Waals surface area contributed by atoms with Gasteiger partial charge in [0.1, 0.15) is 11.0 Å². The van der Waals surface area contributed by atoms with E-state index in [9.17, 15) is 8.42 Å². The van der Waals surface area contributed by atoms with Crippen LogP contribution in [0.5, 0.6) is 0 Å². The summed E-state index contributed by atoms with van der Waals surface area (Å²) in [5.41, 5.74) is 1.88. The van der Waals surface area contributed by atoms with E-state index in [1.807, 2.05) is 25.1 Å². The molecule has 1 aromatic rings. The Morgan fingerprint density at radius 2 is 2.06 bits per heavy atom. The van der Waals surface area contributed by atoms with Gasteiger partial charge in [-0.1, -0.05) is 48.8 Å². The lowest BCUT2D eigenvalue weighted by Gasteiger charge is -2.16. The number of hydrogen-bond donors (Lipinski definition) is 1. The monoisotopic (exact) mass is 269 g/mol. The summed E-state index contributed by atoms with van der Waals surface area (Å²) in [5.74, 6) is 0.0380. The fraction of sp³-hybridized carbons (Fsp3) is 0.462. The van der Waals surface area contributed by atoms with Gasteiger partial charge in [0.05, 0.1) is 0 Å². The molecule has 0 fully saturated rings. The van der Waals surface area contributed by atoms with E-state index in [1.54, 1.807) is 19.9 Å². The molecule has 100 valence electrons. The second kappa shape index (κ2) is 6.00. The number of oxime groups is 1. The largest absolute Gasteiger partial charge is 0.411 e. The summed E-state index contributed by atoms with van der Waals surface area (Å²) in [6.45, 7) is 5.29. The Morgan fingerprint density at radius 1 is 1.39 bits per heavy atom. The van der Waals surface area contributed by atoms with Gasteiger partial charge in [-0.3, -0.25) is 0 Å². The quantitative estimate of drug-likeness (QED) is 0.507. The van der Waals surface area contributed by atoms with Crippen LogP contribution >= 0.6 is 0 Å². The Hall–Kier alpha value is -1.36. The number of aryl methyl sites for hydroxylation is 1. The summed E-state index contributed by atoms with van der Waals surface area (Å²) in [7, 11) is -3.27. The molecular weight excluding hydrogens is 250 g/mol. The van der Waals surface area contributed by atoms with Gasteiger partial charge >= 0.3 is 0 Å². The highest BCUT2D eigenvalue weighted by Gasteiger charge is 2.28. The second-order valence-corrected chi connectivity index (χ2v) is 6.68. The zero-order valence-electron chi connectivity index (χ0n) is 10.9. The molecule has 0 radical (unpaired) electrons. The molecule has 0 heterocycles. The number of benzene rings is 1. The molecule has 5 heteroatoms. The third-order valence-electron chi connectivity index (χ3n) is 2.93. The molecule has 0 saturated carbocycles. The van der Waals surface area contributed by atoms with Crippen LogP contribution in [0.3, 0.4) is 0 Å². The van der Waals surface area contributed by atoms with Gasteiger partial charge < -0.3 is 5.21 Å². The highest BCUT2D eigenvalue weighted by molar-refractivity contribution is 7.92. The molecule has 1 atom stereocenters. The molecule has 0 aliphatic rings. The number of rotatable bonds is 5. The van der Waals surface area contributed by atoms with Crippen LogP contribution in [-0.2, 0) is 9.84 Å². The van der Waals surface area contributed by atoms with Crippen molar-refractivity contribution in [2.45, 2.75) is 32.4 Å². The first-order chi connectivity index (χ1) is 8.46. The van der Waals surface area contributed by atoms with Crippen LogP contribution in [0.25, 0.3) is 0 Å². The van der Waals surface area contributed by atoms with Gasteiger partial charge in [0.15, 0.2) is 9.84 Å². The minimum atomic E-state index is -3.27. The first-order valence-corrected chi connectivity index (χ1v) is 7.68. The van der Waals surface area contributed by atoms with Crippen LogP contribution in [-0.4, -0.2) is 30.3 Å².